The van der Waals surface area contributed by atoms with Crippen LogP contribution < -0.4 is 15.1 Å². The molecule has 34 heavy (non-hydrogen) atoms. The Kier molecular flexibility index (Phi) is 4.19. The van der Waals surface area contributed by atoms with E-state index in [2.05, 4.69) is 20.8 Å². The molecule has 0 radical (unpaired) electrons. The molecule has 10 nitrogen and oxygen atoms in total. The van der Waals surface area contributed by atoms with Crippen molar-refractivity contribution < 1.29 is 28.4 Å². The van der Waals surface area contributed by atoms with E-state index in [9.17, 15) is 19.5 Å². The van der Waals surface area contributed by atoms with Gasteiger partial charge in [-0.3, -0.25) is 29.7 Å². The van der Waals surface area contributed by atoms with Crippen molar-refractivity contribution >= 4 is 45.8 Å². The number of imide groups is 2. The number of amides is 4. The molecule has 5 heterocycles. The summed E-state index contributed by atoms with van der Waals surface area (Å²) in [4.78, 5) is 43.4. The summed E-state index contributed by atoms with van der Waals surface area (Å²) in [6.07, 6.45) is 0.880. The highest BCUT2D eigenvalue weighted by atomic mass is 32.1. The zero-order chi connectivity index (χ0) is 24.0. The molecule has 12 heteroatoms. The molecule has 3 aliphatic rings. The lowest BCUT2D eigenvalue weighted by Crippen LogP contribution is -2.74. The van der Waals surface area contributed by atoms with Gasteiger partial charge in [-0.25, -0.2) is 4.79 Å². The minimum absolute atomic E-state index is 0.0224. The van der Waals surface area contributed by atoms with Crippen LogP contribution in [0.3, 0.4) is 0 Å². The Morgan fingerprint density at radius 2 is 2.06 bits per heavy atom. The number of urea groups is 1. The maximum absolute atomic E-state index is 16.2. The van der Waals surface area contributed by atoms with Gasteiger partial charge in [0, 0.05) is 18.2 Å². The summed E-state index contributed by atoms with van der Waals surface area (Å²) in [5.74, 6) is -2.18. The standard InChI is InChI=1S/C22H20FN5O5S/c1-3-4-28-8-22(28,10(2)29)21(18(30)25-20(32)26-19(21)31)6-11-5-12-15(13-7-24-9-34-13)27-33-17(12)14(23)16(11)28/h5,7,9-10,29H,3-4,6,8H2,1-2H3,(H-,25,26,30,31,32)/p+1. The smallest absolute Gasteiger partial charge is 0.328 e. The Balaban J connectivity index is 1.67. The molecule has 6 rings (SSSR count). The van der Waals surface area contributed by atoms with Gasteiger partial charge in [-0.05, 0) is 19.4 Å². The lowest BCUT2D eigenvalue weighted by atomic mass is 9.63. The van der Waals surface area contributed by atoms with E-state index in [1.807, 2.05) is 6.92 Å². The highest BCUT2D eigenvalue weighted by molar-refractivity contribution is 7.13. The van der Waals surface area contributed by atoms with Crippen LogP contribution in [0.5, 0.6) is 0 Å². The van der Waals surface area contributed by atoms with Crippen molar-refractivity contribution in [1.82, 2.24) is 25.3 Å². The molecule has 4 amide bonds. The lowest BCUT2D eigenvalue weighted by molar-refractivity contribution is -0.152. The summed E-state index contributed by atoms with van der Waals surface area (Å²) >= 11 is 1.32. The average molecular weight is 487 g/mol. The zero-order valence-electron chi connectivity index (χ0n) is 18.3. The first-order chi connectivity index (χ1) is 16.2. The number of nitrogens with one attached hydrogen (secondary N) is 2. The van der Waals surface area contributed by atoms with Crippen LogP contribution in [0.2, 0.25) is 0 Å². The molecule has 0 saturated carbocycles. The summed E-state index contributed by atoms with van der Waals surface area (Å²) in [6, 6.07) is 0.799. The van der Waals surface area contributed by atoms with Gasteiger partial charge in [0.1, 0.15) is 18.3 Å². The third-order valence-electron chi connectivity index (χ3n) is 7.74. The summed E-state index contributed by atoms with van der Waals surface area (Å²) in [5, 5.41) is 19.9. The van der Waals surface area contributed by atoms with Crippen molar-refractivity contribution in [1.29, 1.82) is 0 Å². The molecule has 3 aliphatic heterocycles. The van der Waals surface area contributed by atoms with Gasteiger partial charge >= 0.3 is 6.03 Å². The number of benzene rings is 1. The predicted molar refractivity (Wildman–Crippen MR) is 119 cm³/mol. The van der Waals surface area contributed by atoms with Crippen LogP contribution >= 0.6 is 11.3 Å². The molecule has 2 fully saturated rings. The molecule has 1 spiro atoms. The molecular formula is C22H21FN5O5S+. The summed E-state index contributed by atoms with van der Waals surface area (Å²) in [5.41, 5.74) is -0.362. The van der Waals surface area contributed by atoms with Gasteiger partial charge in [-0.1, -0.05) is 12.1 Å². The lowest BCUT2D eigenvalue weighted by Gasteiger charge is -2.45. The van der Waals surface area contributed by atoms with Gasteiger partial charge in [-0.15, -0.1) is 11.3 Å². The molecule has 176 valence electrons. The van der Waals surface area contributed by atoms with Gasteiger partial charge in [-0.2, -0.15) is 4.39 Å². The first kappa shape index (κ1) is 21.3. The maximum Gasteiger partial charge on any atom is 0.328 e. The van der Waals surface area contributed by atoms with Crippen molar-refractivity contribution in [3.63, 3.8) is 0 Å². The summed E-state index contributed by atoms with van der Waals surface area (Å²) in [7, 11) is 0. The van der Waals surface area contributed by atoms with Gasteiger partial charge < -0.3 is 9.63 Å². The van der Waals surface area contributed by atoms with E-state index in [0.717, 1.165) is 0 Å². The summed E-state index contributed by atoms with van der Waals surface area (Å²) in [6.45, 7) is 3.97. The molecule has 2 aromatic heterocycles. The number of aromatic nitrogens is 2. The number of fused-ring (bicyclic) bond motifs is 5. The normalized spacial score (nSPS) is 27.8. The van der Waals surface area contributed by atoms with E-state index in [0.29, 0.717) is 40.2 Å². The van der Waals surface area contributed by atoms with Crippen molar-refractivity contribution in [2.75, 3.05) is 13.1 Å². The fraction of sp³-hybridized carbons (Fsp3) is 0.409. The van der Waals surface area contributed by atoms with Gasteiger partial charge in [0.15, 0.2) is 11.1 Å². The second-order valence-electron chi connectivity index (χ2n) is 9.24. The van der Waals surface area contributed by atoms with Crippen LogP contribution in [0, 0.1) is 11.2 Å². The number of barbiturate groups is 1. The molecule has 3 atom stereocenters. The Morgan fingerprint density at radius 1 is 1.32 bits per heavy atom. The van der Waals surface area contributed by atoms with Crippen molar-refractivity contribution in [3.8, 4) is 10.6 Å². The zero-order valence-corrected chi connectivity index (χ0v) is 19.2. The number of carbonyl (C=O) groups is 3. The van der Waals surface area contributed by atoms with E-state index in [-0.39, 0.29) is 23.0 Å². The Morgan fingerprint density at radius 3 is 2.68 bits per heavy atom. The molecule has 2 saturated heterocycles. The topological polar surface area (TPSA) is 134 Å². The minimum Gasteiger partial charge on any atom is -0.387 e. The van der Waals surface area contributed by atoms with Gasteiger partial charge in [0.05, 0.1) is 22.3 Å². The largest absolute Gasteiger partial charge is 0.387 e. The number of halogens is 1. The fourth-order valence-corrected chi connectivity index (χ4v) is 7.12. The van der Waals surface area contributed by atoms with E-state index < -0.39 is 40.7 Å². The average Bonchev–Trinajstić information content (AvgIpc) is 3.08. The Labute approximate surface area is 196 Å². The number of hydrogen-bond donors (Lipinski definition) is 3. The van der Waals surface area contributed by atoms with E-state index >= 15 is 4.39 Å². The highest BCUT2D eigenvalue weighted by Gasteiger charge is 2.89. The van der Waals surface area contributed by atoms with Crippen LogP contribution in [-0.4, -0.2) is 57.8 Å². The van der Waals surface area contributed by atoms with Gasteiger partial charge in [0.25, 0.3) is 11.8 Å². The third kappa shape index (κ3) is 2.23. The van der Waals surface area contributed by atoms with Gasteiger partial charge in [0.2, 0.25) is 16.9 Å². The minimum atomic E-state index is -1.79. The monoisotopic (exact) mass is 486 g/mol. The van der Waals surface area contributed by atoms with Crippen LogP contribution in [-0.2, 0) is 16.0 Å². The molecule has 3 N–H and O–H groups in total. The molecule has 0 bridgehead atoms. The molecule has 3 unspecified atom stereocenters. The van der Waals surface area contributed by atoms with Crippen LogP contribution in [0.25, 0.3) is 21.5 Å². The highest BCUT2D eigenvalue weighted by Crippen LogP contribution is 2.66. The van der Waals surface area contributed by atoms with Crippen LogP contribution in [0.15, 0.2) is 22.3 Å². The van der Waals surface area contributed by atoms with Crippen molar-refractivity contribution in [2.24, 2.45) is 5.41 Å². The molecule has 3 aromatic rings. The van der Waals surface area contributed by atoms with Crippen LogP contribution in [0.4, 0.5) is 14.9 Å². The van der Waals surface area contributed by atoms with E-state index in [1.54, 1.807) is 17.8 Å². The first-order valence-corrected chi connectivity index (χ1v) is 11.8. The Bertz CT molecular complexity index is 1380. The first-order valence-electron chi connectivity index (χ1n) is 11.0. The molecular weight excluding hydrogens is 465 g/mol. The number of carbonyl (C=O) groups excluding carboxylic acids is 3. The number of rotatable bonds is 4. The molecule has 0 aliphatic carbocycles. The summed E-state index contributed by atoms with van der Waals surface area (Å²) < 4.78 is 21.5. The third-order valence-corrected chi connectivity index (χ3v) is 8.52. The number of nitrogens with zero attached hydrogens (tertiary/aromatic N) is 3. The fourth-order valence-electron chi connectivity index (χ4n) is 6.51. The second-order valence-corrected chi connectivity index (χ2v) is 10.1. The number of quaternary nitrogens is 1. The molecule has 1 aromatic carbocycles. The number of aliphatic hydroxyl groups excluding tert-OH is 1. The predicted octanol–water partition coefficient (Wildman–Crippen LogP) is 1.85. The maximum atomic E-state index is 16.2. The van der Waals surface area contributed by atoms with Crippen molar-refractivity contribution in [3.05, 3.63) is 29.2 Å². The van der Waals surface area contributed by atoms with Crippen molar-refractivity contribution in [2.45, 2.75) is 38.3 Å². The SMILES string of the molecule is CCC[N+]12CC1(C(C)O)C1(Cc3cc4c(-c5cncs5)noc4c(F)c32)C(=O)NC(=O)NC1=O. The van der Waals surface area contributed by atoms with Crippen LogP contribution in [0.1, 0.15) is 25.8 Å². The number of hydrogen-bond acceptors (Lipinski definition) is 8. The van der Waals surface area contributed by atoms with E-state index in [4.69, 9.17) is 4.52 Å². The second kappa shape index (κ2) is 6.68. The Hall–Kier alpha value is -3.22. The van der Waals surface area contributed by atoms with E-state index in [1.165, 1.54) is 18.3 Å². The quantitative estimate of drug-likeness (QED) is 0.291. The number of aliphatic hydroxyl groups is 1. The number of thiazole rings is 1.